The van der Waals surface area contributed by atoms with Gasteiger partial charge >= 0.3 is 0 Å². The van der Waals surface area contributed by atoms with E-state index < -0.39 is 0 Å². The van der Waals surface area contributed by atoms with Crippen LogP contribution in [0.15, 0.2) is 9.32 Å². The lowest BCUT2D eigenvalue weighted by molar-refractivity contribution is -0.135. The quantitative estimate of drug-likeness (QED) is 0.911. The van der Waals surface area contributed by atoms with Crippen LogP contribution in [0.25, 0.3) is 0 Å². The van der Waals surface area contributed by atoms with Crippen molar-refractivity contribution >= 4 is 5.91 Å². The monoisotopic (exact) mass is 331 g/mol. The molecule has 0 radical (unpaired) electrons. The van der Waals surface area contributed by atoms with Crippen molar-refractivity contribution in [1.82, 2.24) is 25.0 Å². The van der Waals surface area contributed by atoms with E-state index in [1.54, 1.807) is 25.7 Å². The van der Waals surface area contributed by atoms with E-state index in [-0.39, 0.29) is 23.9 Å². The first-order valence-electron chi connectivity index (χ1n) is 8.12. The Balaban J connectivity index is 1.84. The number of carbonyl (C=O) groups excluding carboxylic acids is 1. The molecule has 0 spiro atoms. The zero-order valence-corrected chi connectivity index (χ0v) is 14.1. The molecule has 1 amide bonds. The maximum Gasteiger partial charge on any atom is 0.254 e. The molecule has 8 nitrogen and oxygen atoms in total. The van der Waals surface area contributed by atoms with Gasteiger partial charge in [-0.3, -0.25) is 9.59 Å². The largest absolute Gasteiger partial charge is 0.337 e. The molecule has 1 atom stereocenters. The summed E-state index contributed by atoms with van der Waals surface area (Å²) in [5, 5.41) is 3.82. The van der Waals surface area contributed by atoms with Crippen LogP contribution < -0.4 is 5.56 Å². The van der Waals surface area contributed by atoms with Gasteiger partial charge in [-0.25, -0.2) is 4.98 Å². The van der Waals surface area contributed by atoms with Crippen LogP contribution in [0, 0.1) is 20.8 Å². The number of aromatic amines is 1. The fourth-order valence-corrected chi connectivity index (χ4v) is 3.15. The van der Waals surface area contributed by atoms with Gasteiger partial charge in [0.05, 0.1) is 6.42 Å². The molecule has 2 aromatic heterocycles. The molecule has 0 aromatic carbocycles. The first-order valence-corrected chi connectivity index (χ1v) is 8.12. The Morgan fingerprint density at radius 3 is 2.75 bits per heavy atom. The second kappa shape index (κ2) is 6.54. The number of hydrogen-bond donors (Lipinski definition) is 1. The number of piperidine rings is 1. The summed E-state index contributed by atoms with van der Waals surface area (Å²) in [6, 6.07) is -0.217. The first-order chi connectivity index (χ1) is 11.5. The predicted octanol–water partition coefficient (Wildman–Crippen LogP) is 1.37. The summed E-state index contributed by atoms with van der Waals surface area (Å²) in [4.78, 5) is 37.8. The summed E-state index contributed by atoms with van der Waals surface area (Å²) in [6.07, 6.45) is 2.74. The fourth-order valence-electron chi connectivity index (χ4n) is 3.15. The van der Waals surface area contributed by atoms with E-state index in [1.165, 1.54) is 0 Å². The van der Waals surface area contributed by atoms with Crippen LogP contribution in [-0.2, 0) is 11.2 Å². The number of nitrogens with zero attached hydrogens (tertiary/aromatic N) is 4. The topological polar surface area (TPSA) is 105 Å². The number of aromatic nitrogens is 4. The SMILES string of the molecule is Cc1noc([C@@H]2CCCCN2C(=O)Cc2c(C)nc(C)[nH]c2=O)n1. The smallest absolute Gasteiger partial charge is 0.254 e. The van der Waals surface area contributed by atoms with Gasteiger partial charge in [0.15, 0.2) is 5.82 Å². The molecule has 3 heterocycles. The maximum atomic E-state index is 12.8. The van der Waals surface area contributed by atoms with E-state index in [4.69, 9.17) is 4.52 Å². The highest BCUT2D eigenvalue weighted by Gasteiger charge is 2.32. The van der Waals surface area contributed by atoms with E-state index in [0.717, 1.165) is 19.3 Å². The van der Waals surface area contributed by atoms with Crippen LogP contribution in [0.3, 0.4) is 0 Å². The highest BCUT2D eigenvalue weighted by molar-refractivity contribution is 5.79. The van der Waals surface area contributed by atoms with Gasteiger partial charge in [-0.05, 0) is 40.0 Å². The summed E-state index contributed by atoms with van der Waals surface area (Å²) in [7, 11) is 0. The Labute approximate surface area is 139 Å². The van der Waals surface area contributed by atoms with Crippen molar-refractivity contribution in [3.8, 4) is 0 Å². The zero-order chi connectivity index (χ0) is 17.3. The van der Waals surface area contributed by atoms with E-state index in [9.17, 15) is 9.59 Å². The van der Waals surface area contributed by atoms with Gasteiger partial charge in [-0.2, -0.15) is 4.98 Å². The highest BCUT2D eigenvalue weighted by Crippen LogP contribution is 2.30. The number of H-pyrrole nitrogens is 1. The summed E-state index contributed by atoms with van der Waals surface area (Å²) in [6.45, 7) is 5.85. The molecule has 1 aliphatic heterocycles. The molecule has 128 valence electrons. The standard InChI is InChI=1S/C16H21N5O3/c1-9-12(15(23)18-10(2)17-9)8-14(22)21-7-5-4-6-13(21)16-19-11(3)20-24-16/h13H,4-8H2,1-3H3,(H,17,18,23)/t13-/m0/s1. The van der Waals surface area contributed by atoms with Crippen molar-refractivity contribution in [2.75, 3.05) is 6.54 Å². The zero-order valence-electron chi connectivity index (χ0n) is 14.1. The van der Waals surface area contributed by atoms with Gasteiger partial charge < -0.3 is 14.4 Å². The van der Waals surface area contributed by atoms with Gasteiger partial charge in [0.1, 0.15) is 11.9 Å². The minimum Gasteiger partial charge on any atom is -0.337 e. The lowest BCUT2D eigenvalue weighted by atomic mass is 10.0. The third-order valence-corrected chi connectivity index (χ3v) is 4.32. The van der Waals surface area contributed by atoms with Gasteiger partial charge in [0.2, 0.25) is 11.8 Å². The number of likely N-dealkylation sites (tertiary alicyclic amines) is 1. The summed E-state index contributed by atoms with van der Waals surface area (Å²) >= 11 is 0. The number of aryl methyl sites for hydroxylation is 3. The normalized spacial score (nSPS) is 18.0. The fraction of sp³-hybridized carbons (Fsp3) is 0.562. The average molecular weight is 331 g/mol. The molecule has 1 N–H and O–H groups in total. The molecule has 8 heteroatoms. The predicted molar refractivity (Wildman–Crippen MR) is 85.4 cm³/mol. The first kappa shape index (κ1) is 16.4. The molecule has 0 bridgehead atoms. The molecule has 1 fully saturated rings. The number of carbonyl (C=O) groups is 1. The summed E-state index contributed by atoms with van der Waals surface area (Å²) in [5.74, 6) is 1.45. The summed E-state index contributed by atoms with van der Waals surface area (Å²) < 4.78 is 5.26. The van der Waals surface area contributed by atoms with Crippen LogP contribution in [0.4, 0.5) is 0 Å². The van der Waals surface area contributed by atoms with E-state index >= 15 is 0 Å². The van der Waals surface area contributed by atoms with Crippen LogP contribution >= 0.6 is 0 Å². The van der Waals surface area contributed by atoms with Gasteiger partial charge in [-0.15, -0.1) is 0 Å². The van der Waals surface area contributed by atoms with Crippen LogP contribution in [0.5, 0.6) is 0 Å². The summed E-state index contributed by atoms with van der Waals surface area (Å²) in [5.41, 5.74) is 0.749. The molecule has 0 aliphatic carbocycles. The van der Waals surface area contributed by atoms with Crippen molar-refractivity contribution < 1.29 is 9.32 Å². The minimum atomic E-state index is -0.254. The van der Waals surface area contributed by atoms with Gasteiger partial charge in [-0.1, -0.05) is 5.16 Å². The number of hydrogen-bond acceptors (Lipinski definition) is 6. The number of amides is 1. The minimum absolute atomic E-state index is 0.0259. The molecule has 0 saturated carbocycles. The molecular formula is C16H21N5O3. The Bertz CT molecular complexity index is 810. The Kier molecular flexibility index (Phi) is 4.46. The average Bonchev–Trinajstić information content (AvgIpc) is 2.97. The molecule has 1 saturated heterocycles. The third-order valence-electron chi connectivity index (χ3n) is 4.32. The van der Waals surface area contributed by atoms with Crippen molar-refractivity contribution in [3.63, 3.8) is 0 Å². The van der Waals surface area contributed by atoms with Gasteiger partial charge in [0, 0.05) is 17.8 Å². The van der Waals surface area contributed by atoms with Crippen molar-refractivity contribution in [3.05, 3.63) is 39.2 Å². The Morgan fingerprint density at radius 1 is 1.29 bits per heavy atom. The van der Waals surface area contributed by atoms with Crippen LogP contribution in [0.1, 0.15) is 54.1 Å². The van der Waals surface area contributed by atoms with Gasteiger partial charge in [0.25, 0.3) is 5.56 Å². The van der Waals surface area contributed by atoms with Crippen LogP contribution in [-0.4, -0.2) is 37.5 Å². The Hall–Kier alpha value is -2.51. The lowest BCUT2D eigenvalue weighted by Crippen LogP contribution is -2.40. The molecule has 0 unspecified atom stereocenters. The van der Waals surface area contributed by atoms with E-state index in [1.807, 2.05) is 0 Å². The van der Waals surface area contributed by atoms with Crippen LogP contribution in [0.2, 0.25) is 0 Å². The van der Waals surface area contributed by atoms with Crippen molar-refractivity contribution in [2.45, 2.75) is 52.5 Å². The number of rotatable bonds is 3. The van der Waals surface area contributed by atoms with E-state index in [0.29, 0.717) is 35.3 Å². The molecule has 24 heavy (non-hydrogen) atoms. The highest BCUT2D eigenvalue weighted by atomic mass is 16.5. The molecule has 1 aliphatic rings. The Morgan fingerprint density at radius 2 is 2.08 bits per heavy atom. The van der Waals surface area contributed by atoms with Crippen molar-refractivity contribution in [1.29, 1.82) is 0 Å². The third kappa shape index (κ3) is 3.22. The molecular weight excluding hydrogens is 310 g/mol. The number of nitrogens with one attached hydrogen (secondary N) is 1. The second-order valence-corrected chi connectivity index (χ2v) is 6.17. The molecule has 3 rings (SSSR count). The molecule has 2 aromatic rings. The second-order valence-electron chi connectivity index (χ2n) is 6.17. The van der Waals surface area contributed by atoms with E-state index in [2.05, 4.69) is 20.1 Å². The lowest BCUT2D eigenvalue weighted by Gasteiger charge is -2.33. The maximum absolute atomic E-state index is 12.8. The van der Waals surface area contributed by atoms with Crippen molar-refractivity contribution in [2.24, 2.45) is 0 Å².